The Morgan fingerprint density at radius 2 is 1.70 bits per heavy atom. The summed E-state index contributed by atoms with van der Waals surface area (Å²) in [5.74, 6) is 0.362. The molecule has 2 heteroatoms. The van der Waals surface area contributed by atoms with Crippen LogP contribution < -0.4 is 0 Å². The van der Waals surface area contributed by atoms with Gasteiger partial charge in [0, 0.05) is 5.56 Å². The molecule has 0 fully saturated rings. The van der Waals surface area contributed by atoms with E-state index in [9.17, 15) is 5.11 Å². The van der Waals surface area contributed by atoms with Crippen LogP contribution in [0.4, 0.5) is 0 Å². The number of phenolic OH excluding ortho intramolecular Hbond substituents is 1. The van der Waals surface area contributed by atoms with Crippen LogP contribution in [-0.4, -0.2) is 5.11 Å². The molecule has 1 nitrogen and oxygen atoms in total. The highest BCUT2D eigenvalue weighted by Crippen LogP contribution is 2.37. The third-order valence-electron chi connectivity index (χ3n) is 5.44. The van der Waals surface area contributed by atoms with Gasteiger partial charge in [-0.1, -0.05) is 92.0 Å². The Bertz CT molecular complexity index is 880. The Balaban J connectivity index is 3.59. The van der Waals surface area contributed by atoms with E-state index in [0.29, 0.717) is 11.9 Å². The van der Waals surface area contributed by atoms with Crippen molar-refractivity contribution < 1.29 is 5.11 Å². The van der Waals surface area contributed by atoms with E-state index >= 15 is 0 Å². The zero-order chi connectivity index (χ0) is 23.3. The zero-order valence-corrected chi connectivity index (χ0v) is 21.5. The lowest BCUT2D eigenvalue weighted by Gasteiger charge is -2.23. The maximum absolute atomic E-state index is 11.0. The summed E-state index contributed by atoms with van der Waals surface area (Å²) in [6.45, 7) is 25.6. The summed E-state index contributed by atoms with van der Waals surface area (Å²) in [6.07, 6.45) is 9.86. The lowest BCUT2D eigenvalue weighted by atomic mass is 9.83. The fourth-order valence-electron chi connectivity index (χ4n) is 3.29. The zero-order valence-electron chi connectivity index (χ0n) is 20.3. The molecule has 1 atom stereocenters. The predicted molar refractivity (Wildman–Crippen MR) is 139 cm³/mol. The summed E-state index contributed by atoms with van der Waals surface area (Å²) in [5.41, 5.74) is 7.39. The molecule has 0 aliphatic rings. The fraction of sp³-hybridized carbons (Fsp3) is 0.429. The largest absolute Gasteiger partial charge is 0.507 e. The van der Waals surface area contributed by atoms with Gasteiger partial charge in [-0.3, -0.25) is 0 Å². The number of phenols is 1. The topological polar surface area (TPSA) is 20.2 Å². The highest BCUT2D eigenvalue weighted by atomic mass is 31.0. The second kappa shape index (κ2) is 10.5. The van der Waals surface area contributed by atoms with Gasteiger partial charge in [-0.25, -0.2) is 0 Å². The van der Waals surface area contributed by atoms with Gasteiger partial charge in [0.25, 0.3) is 0 Å². The Kier molecular flexibility index (Phi) is 9.12. The molecule has 0 radical (unpaired) electrons. The molecule has 0 saturated carbocycles. The molecule has 1 aromatic rings. The van der Waals surface area contributed by atoms with Crippen molar-refractivity contribution >= 4 is 14.8 Å². The van der Waals surface area contributed by atoms with Crippen LogP contribution in [-0.2, 0) is 11.6 Å². The van der Waals surface area contributed by atoms with Crippen molar-refractivity contribution in [3.63, 3.8) is 0 Å². The van der Waals surface area contributed by atoms with E-state index in [-0.39, 0.29) is 10.8 Å². The summed E-state index contributed by atoms with van der Waals surface area (Å²) < 4.78 is 0. The molecule has 0 spiro atoms. The van der Waals surface area contributed by atoms with Gasteiger partial charge < -0.3 is 5.11 Å². The smallest absolute Gasteiger partial charge is 0.126 e. The second-order valence-electron chi connectivity index (χ2n) is 9.83. The summed E-state index contributed by atoms with van der Waals surface area (Å²) in [5, 5.41) is 11.0. The van der Waals surface area contributed by atoms with Crippen molar-refractivity contribution in [1.29, 1.82) is 0 Å². The molecule has 0 aliphatic heterocycles. The van der Waals surface area contributed by atoms with Gasteiger partial charge in [-0.15, -0.1) is 9.24 Å². The minimum atomic E-state index is 0.00505. The number of hydrogen-bond donors (Lipinski definition) is 1. The van der Waals surface area contributed by atoms with Gasteiger partial charge in [0.2, 0.25) is 0 Å². The molecule has 1 unspecified atom stereocenters. The number of allylic oxidation sites excluding steroid dienone is 8. The van der Waals surface area contributed by atoms with Crippen molar-refractivity contribution in [3.8, 4) is 5.75 Å². The first-order valence-electron chi connectivity index (χ1n) is 10.8. The quantitative estimate of drug-likeness (QED) is 0.343. The highest BCUT2D eigenvalue weighted by Gasteiger charge is 2.20. The molecule has 1 aromatic carbocycles. The minimum absolute atomic E-state index is 0.00505. The molecule has 0 aliphatic carbocycles. The highest BCUT2D eigenvalue weighted by molar-refractivity contribution is 7.15. The SMILES string of the molecule is C=C/C(=C\C(=C)/C(=C/C(=C\C)c1cc(C(C)(C)C)cc(CP)c1O)CC)C(C)(C)C. The molecule has 0 aromatic heterocycles. The fourth-order valence-corrected chi connectivity index (χ4v) is 3.60. The van der Waals surface area contributed by atoms with Crippen LogP contribution in [0.25, 0.3) is 5.57 Å². The lowest BCUT2D eigenvalue weighted by Crippen LogP contribution is -2.12. The molecule has 30 heavy (non-hydrogen) atoms. The molecule has 164 valence electrons. The number of benzene rings is 1. The van der Waals surface area contributed by atoms with Crippen molar-refractivity contribution in [3.05, 3.63) is 83.0 Å². The van der Waals surface area contributed by atoms with E-state index in [1.807, 2.05) is 13.0 Å². The molecule has 0 amide bonds. The third kappa shape index (κ3) is 6.58. The average molecular weight is 425 g/mol. The van der Waals surface area contributed by atoms with Crippen LogP contribution in [0.1, 0.15) is 78.5 Å². The first-order valence-corrected chi connectivity index (χ1v) is 11.6. The van der Waals surface area contributed by atoms with Gasteiger partial charge in [0.1, 0.15) is 5.75 Å². The summed E-state index contributed by atoms with van der Waals surface area (Å²) in [6, 6.07) is 4.24. The second-order valence-corrected chi connectivity index (χ2v) is 10.2. The average Bonchev–Trinajstić information content (AvgIpc) is 2.65. The normalized spacial score (nSPS) is 14.1. The molecular weight excluding hydrogens is 383 g/mol. The van der Waals surface area contributed by atoms with Gasteiger partial charge >= 0.3 is 0 Å². The minimum Gasteiger partial charge on any atom is -0.507 e. The van der Waals surface area contributed by atoms with Gasteiger partial charge in [-0.2, -0.15) is 0 Å². The monoisotopic (exact) mass is 424 g/mol. The molecule has 0 bridgehead atoms. The Hall–Kier alpha value is -1.85. The van der Waals surface area contributed by atoms with Crippen LogP contribution in [0.15, 0.2) is 66.3 Å². The van der Waals surface area contributed by atoms with Gasteiger partial charge in [0.15, 0.2) is 0 Å². The predicted octanol–water partition coefficient (Wildman–Crippen LogP) is 8.52. The third-order valence-corrected chi connectivity index (χ3v) is 5.88. The van der Waals surface area contributed by atoms with Gasteiger partial charge in [-0.05, 0) is 69.8 Å². The van der Waals surface area contributed by atoms with Crippen LogP contribution in [0, 0.1) is 5.41 Å². The van der Waals surface area contributed by atoms with Crippen LogP contribution in [0.2, 0.25) is 0 Å². The van der Waals surface area contributed by atoms with Gasteiger partial charge in [0.05, 0.1) is 0 Å². The van der Waals surface area contributed by atoms with E-state index in [1.54, 1.807) is 0 Å². The Morgan fingerprint density at radius 1 is 1.10 bits per heavy atom. The first kappa shape index (κ1) is 26.2. The maximum atomic E-state index is 11.0. The summed E-state index contributed by atoms with van der Waals surface area (Å²) in [7, 11) is 2.73. The lowest BCUT2D eigenvalue weighted by molar-refractivity contribution is 0.467. The Morgan fingerprint density at radius 3 is 2.10 bits per heavy atom. The molecule has 0 heterocycles. The molecule has 1 rings (SSSR count). The molecule has 0 saturated heterocycles. The number of hydrogen-bond acceptors (Lipinski definition) is 1. The van der Waals surface area contributed by atoms with Crippen LogP contribution in [0.5, 0.6) is 5.75 Å². The van der Waals surface area contributed by atoms with Crippen molar-refractivity contribution in [2.24, 2.45) is 5.41 Å². The molecule has 1 N–H and O–H groups in total. The van der Waals surface area contributed by atoms with E-state index in [2.05, 4.69) is 101 Å². The van der Waals surface area contributed by atoms with Crippen LogP contribution >= 0.6 is 9.24 Å². The summed E-state index contributed by atoms with van der Waals surface area (Å²) >= 11 is 0. The summed E-state index contributed by atoms with van der Waals surface area (Å²) in [4.78, 5) is 0. The van der Waals surface area contributed by atoms with E-state index in [1.165, 1.54) is 5.56 Å². The number of rotatable bonds is 7. The van der Waals surface area contributed by atoms with E-state index < -0.39 is 0 Å². The van der Waals surface area contributed by atoms with Crippen molar-refractivity contribution in [2.75, 3.05) is 0 Å². The van der Waals surface area contributed by atoms with Crippen molar-refractivity contribution in [1.82, 2.24) is 0 Å². The Labute approximate surface area is 187 Å². The van der Waals surface area contributed by atoms with Crippen molar-refractivity contribution in [2.45, 2.75) is 73.4 Å². The number of aromatic hydroxyl groups is 1. The van der Waals surface area contributed by atoms with E-state index in [0.717, 1.165) is 39.8 Å². The standard InChI is InChI=1S/C28H41OP/c1-11-20(19(4)14-23(13-3)27(5,6)7)15-21(12-2)25-17-24(28(8,9)10)16-22(18-30)26(25)29/h12-17,29H,3-4,11,18,30H2,1-2,5-10H3/b20-15+,21-12+,23-14+. The van der Waals surface area contributed by atoms with Crippen LogP contribution in [0.3, 0.4) is 0 Å². The first-order chi connectivity index (χ1) is 13.8. The molecular formula is C28H41OP. The van der Waals surface area contributed by atoms with E-state index in [4.69, 9.17) is 0 Å². The maximum Gasteiger partial charge on any atom is 0.126 e.